The van der Waals surface area contributed by atoms with E-state index in [4.69, 9.17) is 44.6 Å². The molecule has 0 radical (unpaired) electrons. The summed E-state index contributed by atoms with van der Waals surface area (Å²) in [6.45, 7) is 0.668. The molecule has 0 unspecified atom stereocenters. The Morgan fingerprint density at radius 2 is 1.95 bits per heavy atom. The third-order valence-electron chi connectivity index (χ3n) is 2.37. The molecule has 1 aromatic rings. The van der Waals surface area contributed by atoms with Crippen LogP contribution in [0.15, 0.2) is 12.1 Å². The van der Waals surface area contributed by atoms with Crippen LogP contribution in [0.4, 0.5) is 4.79 Å². The summed E-state index contributed by atoms with van der Waals surface area (Å²) in [6, 6.07) is 2.76. The molecule has 2 amide bonds. The molecule has 20 heavy (non-hydrogen) atoms. The first-order valence-electron chi connectivity index (χ1n) is 5.83. The second-order valence-electron chi connectivity index (χ2n) is 3.92. The summed E-state index contributed by atoms with van der Waals surface area (Å²) in [7, 11) is 1.58. The SMILES string of the molecule is CN(CCO)C(=O)NCCOc1c(Cl)cc(Cl)cc1Cl. The van der Waals surface area contributed by atoms with Crippen molar-refractivity contribution in [3.8, 4) is 5.75 Å². The van der Waals surface area contributed by atoms with Crippen LogP contribution in [0.25, 0.3) is 0 Å². The number of nitrogens with zero attached hydrogens (tertiary/aromatic N) is 1. The van der Waals surface area contributed by atoms with Gasteiger partial charge in [0.1, 0.15) is 6.61 Å². The minimum Gasteiger partial charge on any atom is -0.489 e. The minimum absolute atomic E-state index is 0.0869. The van der Waals surface area contributed by atoms with Crippen LogP contribution in [0.5, 0.6) is 5.75 Å². The number of urea groups is 1. The van der Waals surface area contributed by atoms with Gasteiger partial charge in [0.15, 0.2) is 5.75 Å². The Morgan fingerprint density at radius 1 is 1.35 bits per heavy atom. The van der Waals surface area contributed by atoms with Gasteiger partial charge in [-0.3, -0.25) is 0 Å². The number of benzene rings is 1. The molecule has 112 valence electrons. The topological polar surface area (TPSA) is 61.8 Å². The van der Waals surface area contributed by atoms with Gasteiger partial charge < -0.3 is 20.1 Å². The summed E-state index contributed by atoms with van der Waals surface area (Å²) < 4.78 is 5.41. The van der Waals surface area contributed by atoms with Crippen molar-refractivity contribution in [2.45, 2.75) is 0 Å². The number of aliphatic hydroxyl groups excluding tert-OH is 1. The van der Waals surface area contributed by atoms with E-state index in [0.717, 1.165) is 0 Å². The molecule has 0 fully saturated rings. The molecule has 0 aromatic heterocycles. The molecule has 0 saturated heterocycles. The third-order valence-corrected chi connectivity index (χ3v) is 3.15. The normalized spacial score (nSPS) is 10.2. The van der Waals surface area contributed by atoms with Crippen LogP contribution in [0.1, 0.15) is 0 Å². The number of carbonyl (C=O) groups excluding carboxylic acids is 1. The minimum atomic E-state index is -0.295. The number of aliphatic hydroxyl groups is 1. The van der Waals surface area contributed by atoms with Crippen LogP contribution in [-0.4, -0.2) is 49.4 Å². The predicted molar refractivity (Wildman–Crippen MR) is 80.1 cm³/mol. The molecule has 8 heteroatoms. The molecular weight excluding hydrogens is 327 g/mol. The van der Waals surface area contributed by atoms with Gasteiger partial charge >= 0.3 is 6.03 Å². The van der Waals surface area contributed by atoms with Crippen LogP contribution < -0.4 is 10.1 Å². The third kappa shape index (κ3) is 5.25. The first-order valence-corrected chi connectivity index (χ1v) is 6.96. The lowest BCUT2D eigenvalue weighted by Gasteiger charge is -2.17. The quantitative estimate of drug-likeness (QED) is 0.782. The summed E-state index contributed by atoms with van der Waals surface area (Å²) in [4.78, 5) is 12.9. The number of ether oxygens (including phenoxy) is 1. The molecule has 0 aliphatic rings. The van der Waals surface area contributed by atoms with E-state index in [1.54, 1.807) is 7.05 Å². The Hall–Kier alpha value is -0.880. The van der Waals surface area contributed by atoms with Crippen molar-refractivity contribution in [3.63, 3.8) is 0 Å². The molecule has 1 rings (SSSR count). The Bertz CT molecular complexity index is 448. The number of nitrogens with one attached hydrogen (secondary N) is 1. The first-order chi connectivity index (χ1) is 9.45. The molecule has 5 nitrogen and oxygen atoms in total. The monoisotopic (exact) mass is 340 g/mol. The summed E-state index contributed by atoms with van der Waals surface area (Å²) in [5, 5.41) is 12.4. The summed E-state index contributed by atoms with van der Waals surface area (Å²) in [5.41, 5.74) is 0. The van der Waals surface area contributed by atoms with Gasteiger partial charge in [-0.05, 0) is 12.1 Å². The molecular formula is C12H15Cl3N2O3. The van der Waals surface area contributed by atoms with E-state index >= 15 is 0 Å². The molecule has 0 saturated carbocycles. The predicted octanol–water partition coefficient (Wildman–Crippen LogP) is 2.66. The van der Waals surface area contributed by atoms with Gasteiger partial charge in [-0.25, -0.2) is 4.79 Å². The average Bonchev–Trinajstić information content (AvgIpc) is 2.36. The summed E-state index contributed by atoms with van der Waals surface area (Å²) in [6.07, 6.45) is 0. The van der Waals surface area contributed by atoms with Crippen LogP contribution in [0.3, 0.4) is 0 Å². The van der Waals surface area contributed by atoms with Crippen molar-refractivity contribution in [3.05, 3.63) is 27.2 Å². The fraction of sp³-hybridized carbons (Fsp3) is 0.417. The number of carbonyl (C=O) groups is 1. The number of likely N-dealkylation sites (N-methyl/N-ethyl adjacent to an activating group) is 1. The van der Waals surface area contributed by atoms with Crippen LogP contribution in [0, 0.1) is 0 Å². The Labute approximate surface area is 132 Å². The molecule has 2 N–H and O–H groups in total. The highest BCUT2D eigenvalue weighted by Gasteiger charge is 2.10. The van der Waals surface area contributed by atoms with Crippen LogP contribution in [0.2, 0.25) is 15.1 Å². The van der Waals surface area contributed by atoms with Gasteiger partial charge in [-0.15, -0.1) is 0 Å². The van der Waals surface area contributed by atoms with Crippen LogP contribution in [-0.2, 0) is 0 Å². The van der Waals surface area contributed by atoms with Crippen molar-refractivity contribution in [2.24, 2.45) is 0 Å². The number of hydrogen-bond donors (Lipinski definition) is 2. The number of halogens is 3. The van der Waals surface area contributed by atoms with E-state index in [9.17, 15) is 4.79 Å². The zero-order chi connectivity index (χ0) is 15.1. The fourth-order valence-corrected chi connectivity index (χ4v) is 2.29. The average molecular weight is 342 g/mol. The summed E-state index contributed by atoms with van der Waals surface area (Å²) >= 11 is 17.7. The lowest BCUT2D eigenvalue weighted by atomic mass is 10.3. The van der Waals surface area contributed by atoms with E-state index in [2.05, 4.69) is 5.32 Å². The lowest BCUT2D eigenvalue weighted by molar-refractivity contribution is 0.188. The maximum absolute atomic E-state index is 11.5. The van der Waals surface area contributed by atoms with Crippen molar-refractivity contribution >= 4 is 40.8 Å². The molecule has 0 bridgehead atoms. The largest absolute Gasteiger partial charge is 0.489 e. The smallest absolute Gasteiger partial charge is 0.317 e. The molecule has 1 aromatic carbocycles. The molecule has 0 spiro atoms. The number of rotatable bonds is 6. The van der Waals surface area contributed by atoms with Crippen molar-refractivity contribution in [2.75, 3.05) is 33.4 Å². The zero-order valence-corrected chi connectivity index (χ0v) is 13.1. The van der Waals surface area contributed by atoms with Crippen LogP contribution >= 0.6 is 34.8 Å². The van der Waals surface area contributed by atoms with Gasteiger partial charge in [0.25, 0.3) is 0 Å². The van der Waals surface area contributed by atoms with E-state index in [0.29, 0.717) is 20.8 Å². The van der Waals surface area contributed by atoms with Gasteiger partial charge in [-0.1, -0.05) is 34.8 Å². The number of hydrogen-bond acceptors (Lipinski definition) is 3. The molecule has 0 aliphatic carbocycles. The second-order valence-corrected chi connectivity index (χ2v) is 5.17. The highest BCUT2D eigenvalue weighted by molar-refractivity contribution is 6.40. The second kappa shape index (κ2) is 8.42. The van der Waals surface area contributed by atoms with Crippen molar-refractivity contribution < 1.29 is 14.6 Å². The van der Waals surface area contributed by atoms with Gasteiger partial charge in [0, 0.05) is 18.6 Å². The van der Waals surface area contributed by atoms with E-state index in [-0.39, 0.29) is 32.3 Å². The maximum Gasteiger partial charge on any atom is 0.317 e. The van der Waals surface area contributed by atoms with E-state index < -0.39 is 0 Å². The number of amides is 2. The molecule has 0 heterocycles. The van der Waals surface area contributed by atoms with Crippen molar-refractivity contribution in [1.29, 1.82) is 0 Å². The van der Waals surface area contributed by atoms with Gasteiger partial charge in [-0.2, -0.15) is 0 Å². The standard InChI is InChI=1S/C12H15Cl3N2O3/c1-17(3-4-18)12(19)16-2-5-20-11-9(14)6-8(13)7-10(11)15/h6-7,18H,2-5H2,1H3,(H,16,19). The highest BCUT2D eigenvalue weighted by Crippen LogP contribution is 2.35. The zero-order valence-electron chi connectivity index (χ0n) is 10.8. The van der Waals surface area contributed by atoms with Crippen molar-refractivity contribution in [1.82, 2.24) is 10.2 Å². The summed E-state index contributed by atoms with van der Waals surface area (Å²) in [5.74, 6) is 0.329. The Morgan fingerprint density at radius 3 is 2.50 bits per heavy atom. The fourth-order valence-electron chi connectivity index (χ4n) is 1.36. The highest BCUT2D eigenvalue weighted by atomic mass is 35.5. The molecule has 0 aliphatic heterocycles. The van der Waals surface area contributed by atoms with E-state index in [1.165, 1.54) is 17.0 Å². The van der Waals surface area contributed by atoms with Gasteiger partial charge in [0.05, 0.1) is 23.2 Å². The van der Waals surface area contributed by atoms with Gasteiger partial charge in [0.2, 0.25) is 0 Å². The first kappa shape index (κ1) is 17.2. The molecule has 0 atom stereocenters. The Balaban J connectivity index is 2.40. The van der Waals surface area contributed by atoms with E-state index in [1.807, 2.05) is 0 Å². The maximum atomic E-state index is 11.5. The Kier molecular flexibility index (Phi) is 7.23. The lowest BCUT2D eigenvalue weighted by Crippen LogP contribution is -2.40.